The summed E-state index contributed by atoms with van der Waals surface area (Å²) in [6.45, 7) is 4.15. The minimum Gasteiger partial charge on any atom is -0.370 e. The molecular formula is C18H23N5O. The normalized spacial score (nSPS) is 13.5. The van der Waals surface area contributed by atoms with Crippen LogP contribution in [-0.2, 0) is 13.0 Å². The molecule has 0 bridgehead atoms. The van der Waals surface area contributed by atoms with Crippen molar-refractivity contribution in [1.29, 1.82) is 0 Å². The molecule has 1 aromatic heterocycles. The van der Waals surface area contributed by atoms with Gasteiger partial charge < -0.3 is 16.0 Å². The number of carbonyl (C=O) groups excluding carboxylic acids is 1. The van der Waals surface area contributed by atoms with E-state index >= 15 is 0 Å². The van der Waals surface area contributed by atoms with Crippen LogP contribution < -0.4 is 11.1 Å². The molecule has 6 nitrogen and oxygen atoms in total. The van der Waals surface area contributed by atoms with Gasteiger partial charge in [-0.05, 0) is 25.0 Å². The van der Waals surface area contributed by atoms with E-state index in [1.165, 1.54) is 0 Å². The molecule has 0 saturated carbocycles. The van der Waals surface area contributed by atoms with Crippen LogP contribution in [0.4, 0.5) is 11.8 Å². The highest BCUT2D eigenvalue weighted by Gasteiger charge is 2.25. The van der Waals surface area contributed by atoms with Crippen molar-refractivity contribution < 1.29 is 4.79 Å². The Morgan fingerprint density at radius 3 is 2.83 bits per heavy atom. The van der Waals surface area contributed by atoms with Crippen LogP contribution in [0, 0.1) is 0 Å². The summed E-state index contributed by atoms with van der Waals surface area (Å²) < 4.78 is 0. The van der Waals surface area contributed by atoms with Crippen molar-refractivity contribution in [2.75, 3.05) is 24.1 Å². The third-order valence-corrected chi connectivity index (χ3v) is 4.21. The first-order valence-electron chi connectivity index (χ1n) is 8.42. The van der Waals surface area contributed by atoms with Gasteiger partial charge in [-0.25, -0.2) is 4.98 Å². The van der Waals surface area contributed by atoms with Gasteiger partial charge in [0.2, 0.25) is 5.95 Å². The largest absolute Gasteiger partial charge is 0.370 e. The molecule has 0 saturated heterocycles. The molecule has 6 heteroatoms. The minimum atomic E-state index is 0.0268. The number of amides is 1. The summed E-state index contributed by atoms with van der Waals surface area (Å²) in [7, 11) is 0. The Hall–Kier alpha value is -2.63. The maximum Gasteiger partial charge on any atom is 0.254 e. The number of nitrogens with two attached hydrogens (primary N) is 1. The summed E-state index contributed by atoms with van der Waals surface area (Å²) in [5.74, 6) is 1.10. The van der Waals surface area contributed by atoms with Crippen LogP contribution in [0.3, 0.4) is 0 Å². The number of rotatable bonds is 5. The van der Waals surface area contributed by atoms with Crippen LogP contribution in [0.25, 0.3) is 0 Å². The van der Waals surface area contributed by atoms with Crippen molar-refractivity contribution in [1.82, 2.24) is 14.9 Å². The number of nitrogens with one attached hydrogen (secondary N) is 1. The molecule has 0 aliphatic carbocycles. The number of carbonyl (C=O) groups is 1. The molecule has 2 heterocycles. The summed E-state index contributed by atoms with van der Waals surface area (Å²) in [6, 6.07) is 9.33. The number of nitrogen functional groups attached to an aromatic ring is 1. The van der Waals surface area contributed by atoms with Gasteiger partial charge in [0.15, 0.2) is 0 Å². The second kappa shape index (κ2) is 7.29. The molecule has 3 rings (SSSR count). The Bertz CT molecular complexity index is 717. The van der Waals surface area contributed by atoms with E-state index < -0.39 is 0 Å². The molecule has 1 aliphatic heterocycles. The van der Waals surface area contributed by atoms with E-state index in [-0.39, 0.29) is 11.9 Å². The molecule has 1 aromatic carbocycles. The molecule has 1 amide bonds. The van der Waals surface area contributed by atoms with Crippen molar-refractivity contribution >= 4 is 17.7 Å². The highest BCUT2D eigenvalue weighted by Crippen LogP contribution is 2.25. The molecule has 0 fully saturated rings. The van der Waals surface area contributed by atoms with Crippen molar-refractivity contribution in [3.63, 3.8) is 0 Å². The van der Waals surface area contributed by atoms with Gasteiger partial charge in [-0.1, -0.05) is 31.5 Å². The predicted octanol–water partition coefficient (Wildman–Crippen LogP) is 2.47. The molecule has 0 radical (unpaired) electrons. The van der Waals surface area contributed by atoms with E-state index in [0.29, 0.717) is 18.7 Å². The van der Waals surface area contributed by atoms with Crippen LogP contribution in [-0.4, -0.2) is 33.9 Å². The zero-order valence-corrected chi connectivity index (χ0v) is 14.0. The van der Waals surface area contributed by atoms with Gasteiger partial charge in [-0.3, -0.25) is 4.79 Å². The summed E-state index contributed by atoms with van der Waals surface area (Å²) in [5, 5.41) is 3.36. The first-order chi connectivity index (χ1) is 11.7. The molecule has 0 spiro atoms. The molecule has 1 aliphatic rings. The second-order valence-electron chi connectivity index (χ2n) is 5.98. The number of aromatic nitrogens is 2. The first-order valence-corrected chi connectivity index (χ1v) is 8.42. The monoisotopic (exact) mass is 325 g/mol. The topological polar surface area (TPSA) is 84.1 Å². The molecule has 24 heavy (non-hydrogen) atoms. The summed E-state index contributed by atoms with van der Waals surface area (Å²) in [4.78, 5) is 23.1. The average Bonchev–Trinajstić information content (AvgIpc) is 2.61. The quantitative estimate of drug-likeness (QED) is 0.825. The fourth-order valence-corrected chi connectivity index (χ4v) is 2.92. The van der Waals surface area contributed by atoms with Crippen molar-refractivity contribution in [2.45, 2.75) is 32.7 Å². The van der Waals surface area contributed by atoms with Gasteiger partial charge in [-0.2, -0.15) is 4.98 Å². The van der Waals surface area contributed by atoms with Gasteiger partial charge in [0, 0.05) is 24.2 Å². The van der Waals surface area contributed by atoms with Crippen molar-refractivity contribution in [2.24, 2.45) is 0 Å². The lowest BCUT2D eigenvalue weighted by Gasteiger charge is -2.29. The van der Waals surface area contributed by atoms with E-state index in [9.17, 15) is 4.79 Å². The number of hydrogen-bond donors (Lipinski definition) is 2. The number of fused-ring (bicyclic) bond motifs is 1. The van der Waals surface area contributed by atoms with E-state index in [1.807, 2.05) is 35.2 Å². The Balaban J connectivity index is 1.79. The Labute approximate surface area is 142 Å². The lowest BCUT2D eigenvalue weighted by Crippen LogP contribution is -2.37. The minimum absolute atomic E-state index is 0.0268. The number of unbranched alkanes of at least 4 members (excludes halogenated alkanes) is 1. The first kappa shape index (κ1) is 16.2. The average molecular weight is 325 g/mol. The third-order valence-electron chi connectivity index (χ3n) is 4.21. The van der Waals surface area contributed by atoms with E-state index in [4.69, 9.17) is 5.73 Å². The van der Waals surface area contributed by atoms with Gasteiger partial charge in [-0.15, -0.1) is 0 Å². The van der Waals surface area contributed by atoms with Gasteiger partial charge in [0.05, 0.1) is 12.2 Å². The van der Waals surface area contributed by atoms with Gasteiger partial charge >= 0.3 is 0 Å². The molecule has 0 unspecified atom stereocenters. The SMILES string of the molecule is CCCCNc1nc(N)nc2c1CCN(C(=O)c1ccccc1)C2. The molecule has 2 aromatic rings. The maximum absolute atomic E-state index is 12.6. The summed E-state index contributed by atoms with van der Waals surface area (Å²) in [6.07, 6.45) is 2.94. The smallest absolute Gasteiger partial charge is 0.254 e. The van der Waals surface area contributed by atoms with Crippen molar-refractivity contribution in [3.8, 4) is 0 Å². The molecule has 126 valence electrons. The predicted molar refractivity (Wildman–Crippen MR) is 94.7 cm³/mol. The third kappa shape index (κ3) is 3.48. The Kier molecular flexibility index (Phi) is 4.93. The number of nitrogens with zero attached hydrogens (tertiary/aromatic N) is 3. The highest BCUT2D eigenvalue weighted by molar-refractivity contribution is 5.94. The van der Waals surface area contributed by atoms with E-state index in [2.05, 4.69) is 22.2 Å². The Morgan fingerprint density at radius 1 is 1.29 bits per heavy atom. The summed E-state index contributed by atoms with van der Waals surface area (Å²) >= 11 is 0. The van der Waals surface area contributed by atoms with Crippen LogP contribution in [0.5, 0.6) is 0 Å². The lowest BCUT2D eigenvalue weighted by molar-refractivity contribution is 0.0732. The zero-order valence-electron chi connectivity index (χ0n) is 14.0. The van der Waals surface area contributed by atoms with Crippen LogP contribution >= 0.6 is 0 Å². The van der Waals surface area contributed by atoms with E-state index in [0.717, 1.165) is 42.9 Å². The van der Waals surface area contributed by atoms with Crippen molar-refractivity contribution in [3.05, 3.63) is 47.2 Å². The van der Waals surface area contributed by atoms with Crippen LogP contribution in [0.1, 0.15) is 41.4 Å². The van der Waals surface area contributed by atoms with Crippen LogP contribution in [0.2, 0.25) is 0 Å². The standard InChI is InChI=1S/C18H23N5O/c1-2-3-10-20-16-14-9-11-23(12-15(14)21-18(19)22-16)17(24)13-7-5-4-6-8-13/h4-8H,2-3,9-12H2,1H3,(H3,19,20,21,22). The summed E-state index contributed by atoms with van der Waals surface area (Å²) in [5.41, 5.74) is 8.48. The highest BCUT2D eigenvalue weighted by atomic mass is 16.2. The number of hydrogen-bond acceptors (Lipinski definition) is 5. The number of benzene rings is 1. The molecular weight excluding hydrogens is 302 g/mol. The second-order valence-corrected chi connectivity index (χ2v) is 5.98. The number of anilines is 2. The van der Waals surface area contributed by atoms with Gasteiger partial charge in [0.25, 0.3) is 5.91 Å². The molecule has 3 N–H and O–H groups in total. The van der Waals surface area contributed by atoms with Crippen LogP contribution in [0.15, 0.2) is 30.3 Å². The maximum atomic E-state index is 12.6. The fraction of sp³-hybridized carbons (Fsp3) is 0.389. The fourth-order valence-electron chi connectivity index (χ4n) is 2.92. The van der Waals surface area contributed by atoms with Gasteiger partial charge in [0.1, 0.15) is 5.82 Å². The molecule has 0 atom stereocenters. The lowest BCUT2D eigenvalue weighted by atomic mass is 10.0. The zero-order chi connectivity index (χ0) is 16.9. The Morgan fingerprint density at radius 2 is 2.08 bits per heavy atom. The van der Waals surface area contributed by atoms with E-state index in [1.54, 1.807) is 0 Å².